The number of benzene rings is 2. The lowest BCUT2D eigenvalue weighted by atomic mass is 10.3. The Hall–Kier alpha value is -2.55. The van der Waals surface area contributed by atoms with E-state index in [2.05, 4.69) is 10.0 Å². The van der Waals surface area contributed by atoms with E-state index in [0.29, 0.717) is 0 Å². The molecule has 1 amide bonds. The molecule has 2 aromatic rings. The van der Waals surface area contributed by atoms with E-state index >= 15 is 0 Å². The molecule has 2 aromatic carbocycles. The van der Waals surface area contributed by atoms with Crippen LogP contribution in [0.25, 0.3) is 0 Å². The summed E-state index contributed by atoms with van der Waals surface area (Å²) in [6.45, 7) is 0.116. The third-order valence-electron chi connectivity index (χ3n) is 4.86. The minimum absolute atomic E-state index is 0.0395. The molecule has 190 valence electrons. The third kappa shape index (κ3) is 7.46. The standard InChI is InChI=1S/C21H24ClN3O8S2/c22-18-7-6-17(35(30,31)25-10-12-32-13-11-25)14-19(18)24-20(26)15-33-21(27)8-9-23-34(28,29)16-4-2-1-3-5-16/h1-7,14,23H,8-13,15H2,(H,24,26). The van der Waals surface area contributed by atoms with Gasteiger partial charge in [0.25, 0.3) is 5.91 Å². The van der Waals surface area contributed by atoms with Gasteiger partial charge in [-0.05, 0) is 30.3 Å². The fourth-order valence-electron chi connectivity index (χ4n) is 3.07. The van der Waals surface area contributed by atoms with Gasteiger partial charge >= 0.3 is 5.97 Å². The number of rotatable bonds is 10. The second kappa shape index (κ2) is 11.9. The van der Waals surface area contributed by atoms with Crippen LogP contribution in [0.1, 0.15) is 6.42 Å². The molecule has 1 saturated heterocycles. The van der Waals surface area contributed by atoms with E-state index in [4.69, 9.17) is 21.1 Å². The Morgan fingerprint density at radius 3 is 2.37 bits per heavy atom. The first-order valence-corrected chi connectivity index (χ1v) is 13.8. The molecule has 2 N–H and O–H groups in total. The van der Waals surface area contributed by atoms with Crippen LogP contribution in [0.4, 0.5) is 5.69 Å². The van der Waals surface area contributed by atoms with Crippen LogP contribution in [-0.2, 0) is 39.1 Å². The highest BCUT2D eigenvalue weighted by Gasteiger charge is 2.27. The van der Waals surface area contributed by atoms with Crippen molar-refractivity contribution in [2.24, 2.45) is 0 Å². The van der Waals surface area contributed by atoms with E-state index in [-0.39, 0.29) is 59.8 Å². The number of carbonyl (C=O) groups excluding carboxylic acids is 2. The lowest BCUT2D eigenvalue weighted by molar-refractivity contribution is -0.147. The van der Waals surface area contributed by atoms with E-state index < -0.39 is 38.5 Å². The number of esters is 1. The maximum Gasteiger partial charge on any atom is 0.307 e. The number of ether oxygens (including phenoxy) is 2. The van der Waals surface area contributed by atoms with Crippen LogP contribution in [-0.4, -0.2) is 72.5 Å². The molecule has 1 heterocycles. The summed E-state index contributed by atoms with van der Waals surface area (Å²) in [6, 6.07) is 11.5. The smallest absolute Gasteiger partial charge is 0.307 e. The topological polar surface area (TPSA) is 148 Å². The minimum Gasteiger partial charge on any atom is -0.456 e. The lowest BCUT2D eigenvalue weighted by Gasteiger charge is -2.26. The SMILES string of the molecule is O=C(COC(=O)CCNS(=O)(=O)c1ccccc1)Nc1cc(S(=O)(=O)N2CCOCC2)ccc1Cl. The summed E-state index contributed by atoms with van der Waals surface area (Å²) < 4.78 is 63.4. The second-order valence-corrected chi connectivity index (χ2v) is 11.4. The summed E-state index contributed by atoms with van der Waals surface area (Å²) in [6.07, 6.45) is -0.298. The number of sulfonamides is 2. The summed E-state index contributed by atoms with van der Waals surface area (Å²) in [7, 11) is -7.57. The van der Waals surface area contributed by atoms with Crippen LogP contribution in [0.5, 0.6) is 0 Å². The van der Waals surface area contributed by atoms with Crippen molar-refractivity contribution in [2.45, 2.75) is 16.2 Å². The molecule has 0 aliphatic carbocycles. The largest absolute Gasteiger partial charge is 0.456 e. The van der Waals surface area contributed by atoms with Gasteiger partial charge in [-0.1, -0.05) is 29.8 Å². The van der Waals surface area contributed by atoms with Gasteiger partial charge in [0.2, 0.25) is 20.0 Å². The van der Waals surface area contributed by atoms with Gasteiger partial charge in [0, 0.05) is 19.6 Å². The van der Waals surface area contributed by atoms with Gasteiger partial charge in [-0.2, -0.15) is 4.31 Å². The van der Waals surface area contributed by atoms with E-state index in [1.165, 1.54) is 34.6 Å². The highest BCUT2D eigenvalue weighted by Crippen LogP contribution is 2.27. The number of carbonyl (C=O) groups is 2. The Bertz CT molecular complexity index is 1260. The molecule has 1 aliphatic heterocycles. The van der Waals surface area contributed by atoms with Crippen molar-refractivity contribution >= 4 is 49.2 Å². The molecular weight excluding hydrogens is 522 g/mol. The third-order valence-corrected chi connectivity index (χ3v) is 8.56. The predicted molar refractivity (Wildman–Crippen MR) is 127 cm³/mol. The van der Waals surface area contributed by atoms with Gasteiger partial charge in [0.15, 0.2) is 6.61 Å². The first kappa shape index (κ1) is 27.0. The molecule has 3 rings (SSSR count). The number of morpholine rings is 1. The summed E-state index contributed by atoms with van der Waals surface area (Å²) in [4.78, 5) is 24.1. The molecule has 0 unspecified atom stereocenters. The number of amides is 1. The summed E-state index contributed by atoms with van der Waals surface area (Å²) >= 11 is 6.08. The van der Waals surface area contributed by atoms with Crippen LogP contribution >= 0.6 is 11.6 Å². The quantitative estimate of drug-likeness (QED) is 0.423. The number of halogens is 1. The zero-order valence-corrected chi connectivity index (χ0v) is 20.9. The fourth-order valence-corrected chi connectivity index (χ4v) is 5.72. The fraction of sp³-hybridized carbons (Fsp3) is 0.333. The molecule has 14 heteroatoms. The molecule has 0 aromatic heterocycles. The monoisotopic (exact) mass is 545 g/mol. The molecule has 35 heavy (non-hydrogen) atoms. The van der Waals surface area contributed by atoms with Crippen molar-refractivity contribution < 1.29 is 35.9 Å². The Kier molecular flexibility index (Phi) is 9.21. The van der Waals surface area contributed by atoms with Crippen molar-refractivity contribution in [1.82, 2.24) is 9.03 Å². The Morgan fingerprint density at radius 1 is 1.00 bits per heavy atom. The van der Waals surface area contributed by atoms with Crippen molar-refractivity contribution in [3.63, 3.8) is 0 Å². The first-order chi connectivity index (χ1) is 16.6. The van der Waals surface area contributed by atoms with E-state index in [1.807, 2.05) is 0 Å². The Labute approximate surface area is 208 Å². The van der Waals surface area contributed by atoms with Crippen LogP contribution < -0.4 is 10.0 Å². The summed E-state index contributed by atoms with van der Waals surface area (Å²) in [5.41, 5.74) is 0.0395. The van der Waals surface area contributed by atoms with Gasteiger partial charge in [0.05, 0.1) is 40.1 Å². The molecular formula is C21H24ClN3O8S2. The molecule has 11 nitrogen and oxygen atoms in total. The van der Waals surface area contributed by atoms with Crippen molar-refractivity contribution in [3.05, 3.63) is 53.6 Å². The molecule has 1 aliphatic rings. The number of nitrogens with one attached hydrogen (secondary N) is 2. The first-order valence-electron chi connectivity index (χ1n) is 10.5. The van der Waals surface area contributed by atoms with Crippen molar-refractivity contribution in [3.8, 4) is 0 Å². The van der Waals surface area contributed by atoms with E-state index in [0.717, 1.165) is 0 Å². The minimum atomic E-state index is -3.80. The van der Waals surface area contributed by atoms with Crippen LogP contribution in [0.3, 0.4) is 0 Å². The van der Waals surface area contributed by atoms with Crippen molar-refractivity contribution in [2.75, 3.05) is 44.8 Å². The second-order valence-electron chi connectivity index (χ2n) is 7.33. The summed E-state index contributed by atoms with van der Waals surface area (Å²) in [5, 5.41) is 2.51. The van der Waals surface area contributed by atoms with Crippen LogP contribution in [0.2, 0.25) is 5.02 Å². The zero-order chi connectivity index (χ0) is 25.5. The predicted octanol–water partition coefficient (Wildman–Crippen LogP) is 1.21. The number of anilines is 1. The average Bonchev–Trinajstić information content (AvgIpc) is 2.85. The lowest BCUT2D eigenvalue weighted by Crippen LogP contribution is -2.40. The van der Waals surface area contributed by atoms with Crippen LogP contribution in [0.15, 0.2) is 58.3 Å². The maximum absolute atomic E-state index is 12.8. The maximum atomic E-state index is 12.8. The van der Waals surface area contributed by atoms with Gasteiger partial charge < -0.3 is 14.8 Å². The number of hydrogen-bond acceptors (Lipinski definition) is 8. The van der Waals surface area contributed by atoms with Gasteiger partial charge in [-0.15, -0.1) is 0 Å². The summed E-state index contributed by atoms with van der Waals surface area (Å²) in [5.74, 6) is -1.54. The van der Waals surface area contributed by atoms with E-state index in [9.17, 15) is 26.4 Å². The molecule has 0 saturated carbocycles. The molecule has 0 bridgehead atoms. The van der Waals surface area contributed by atoms with E-state index in [1.54, 1.807) is 18.2 Å². The zero-order valence-electron chi connectivity index (χ0n) is 18.5. The number of hydrogen-bond donors (Lipinski definition) is 2. The average molecular weight is 546 g/mol. The molecule has 0 radical (unpaired) electrons. The van der Waals surface area contributed by atoms with Gasteiger partial charge in [-0.25, -0.2) is 21.6 Å². The van der Waals surface area contributed by atoms with Gasteiger partial charge in [0.1, 0.15) is 0 Å². The number of nitrogens with zero attached hydrogens (tertiary/aromatic N) is 1. The highest BCUT2D eigenvalue weighted by molar-refractivity contribution is 7.89. The molecule has 0 spiro atoms. The molecule has 1 fully saturated rings. The van der Waals surface area contributed by atoms with Gasteiger partial charge in [-0.3, -0.25) is 9.59 Å². The van der Waals surface area contributed by atoms with Crippen molar-refractivity contribution in [1.29, 1.82) is 0 Å². The Balaban J connectivity index is 1.50. The highest BCUT2D eigenvalue weighted by atomic mass is 35.5. The Morgan fingerprint density at radius 2 is 1.69 bits per heavy atom. The van der Waals surface area contributed by atoms with Crippen LogP contribution in [0, 0.1) is 0 Å². The normalized spacial score (nSPS) is 14.9. The molecule has 0 atom stereocenters.